The molecule has 114 valence electrons. The van der Waals surface area contributed by atoms with Gasteiger partial charge in [0, 0.05) is 24.8 Å². The van der Waals surface area contributed by atoms with Crippen molar-refractivity contribution in [3.05, 3.63) is 27.9 Å². The third-order valence-corrected chi connectivity index (χ3v) is 3.60. The zero-order valence-corrected chi connectivity index (χ0v) is 12.3. The predicted octanol–water partition coefficient (Wildman–Crippen LogP) is 2.11. The Bertz CT molecular complexity index is 541. The number of aromatic nitrogens is 1. The molecule has 0 spiro atoms. The fourth-order valence-electron chi connectivity index (χ4n) is 2.46. The van der Waals surface area contributed by atoms with Gasteiger partial charge in [-0.3, -0.25) is 14.9 Å². The predicted molar refractivity (Wildman–Crippen MR) is 79.1 cm³/mol. The minimum atomic E-state index is -0.531. The van der Waals surface area contributed by atoms with Crippen LogP contribution in [0.3, 0.4) is 0 Å². The van der Waals surface area contributed by atoms with E-state index in [-0.39, 0.29) is 17.4 Å². The Balaban J connectivity index is 2.11. The first-order chi connectivity index (χ1) is 9.99. The van der Waals surface area contributed by atoms with Crippen LogP contribution in [0.2, 0.25) is 0 Å². The quantitative estimate of drug-likeness (QED) is 0.678. The van der Waals surface area contributed by atoms with Crippen molar-refractivity contribution >= 4 is 17.4 Å². The van der Waals surface area contributed by atoms with Gasteiger partial charge in [-0.25, -0.2) is 4.98 Å². The van der Waals surface area contributed by atoms with Crippen molar-refractivity contribution in [3.8, 4) is 0 Å². The number of nitrogens with zero attached hydrogens (tertiary/aromatic N) is 3. The fraction of sp³-hybridized carbons (Fsp3) is 0.571. The molecule has 1 N–H and O–H groups in total. The van der Waals surface area contributed by atoms with Crippen molar-refractivity contribution in [2.75, 3.05) is 18.4 Å². The van der Waals surface area contributed by atoms with Crippen LogP contribution in [0.4, 0.5) is 11.5 Å². The highest BCUT2D eigenvalue weighted by Gasteiger charge is 2.25. The Labute approximate surface area is 123 Å². The summed E-state index contributed by atoms with van der Waals surface area (Å²) in [5.74, 6) is 0.116. The Kier molecular flexibility index (Phi) is 4.72. The van der Waals surface area contributed by atoms with E-state index in [2.05, 4.69) is 10.3 Å². The smallest absolute Gasteiger partial charge is 0.311 e. The molecular weight excluding hydrogens is 272 g/mol. The SMILES string of the molecule is Cc1ccc([N+](=O)[O-])c(NC(C)C(=O)N2CCCCC2)n1. The van der Waals surface area contributed by atoms with Crippen molar-refractivity contribution in [2.24, 2.45) is 0 Å². The van der Waals surface area contributed by atoms with Gasteiger partial charge in [0.2, 0.25) is 11.7 Å². The molecular formula is C14H20N4O3. The van der Waals surface area contributed by atoms with E-state index < -0.39 is 11.0 Å². The Morgan fingerprint density at radius 1 is 1.38 bits per heavy atom. The molecule has 1 unspecified atom stereocenters. The van der Waals surface area contributed by atoms with Crippen molar-refractivity contribution in [3.63, 3.8) is 0 Å². The second-order valence-electron chi connectivity index (χ2n) is 5.33. The molecule has 0 bridgehead atoms. The first-order valence-corrected chi connectivity index (χ1v) is 7.16. The number of aryl methyl sites for hydroxylation is 1. The number of piperidine rings is 1. The number of carbonyl (C=O) groups is 1. The lowest BCUT2D eigenvalue weighted by molar-refractivity contribution is -0.384. The number of anilines is 1. The summed E-state index contributed by atoms with van der Waals surface area (Å²) in [5, 5.41) is 13.9. The number of rotatable bonds is 4. The lowest BCUT2D eigenvalue weighted by Gasteiger charge is -2.29. The van der Waals surface area contributed by atoms with Gasteiger partial charge in [-0.05, 0) is 39.2 Å². The van der Waals surface area contributed by atoms with Gasteiger partial charge in [0.15, 0.2) is 0 Å². The monoisotopic (exact) mass is 292 g/mol. The highest BCUT2D eigenvalue weighted by molar-refractivity contribution is 5.84. The molecule has 0 aliphatic carbocycles. The fourth-order valence-corrected chi connectivity index (χ4v) is 2.46. The standard InChI is InChI=1S/C14H20N4O3/c1-10-6-7-12(18(20)21)13(15-10)16-11(2)14(19)17-8-4-3-5-9-17/h6-7,11H,3-5,8-9H2,1-2H3,(H,15,16). The molecule has 1 saturated heterocycles. The van der Waals surface area contributed by atoms with Gasteiger partial charge in [-0.1, -0.05) is 0 Å². The third-order valence-electron chi connectivity index (χ3n) is 3.60. The zero-order valence-electron chi connectivity index (χ0n) is 12.3. The summed E-state index contributed by atoms with van der Waals surface area (Å²) >= 11 is 0. The van der Waals surface area contributed by atoms with Crippen molar-refractivity contribution in [2.45, 2.75) is 39.2 Å². The van der Waals surface area contributed by atoms with Gasteiger partial charge in [-0.15, -0.1) is 0 Å². The second kappa shape index (κ2) is 6.51. The second-order valence-corrected chi connectivity index (χ2v) is 5.33. The maximum atomic E-state index is 12.3. The van der Waals surface area contributed by atoms with Gasteiger partial charge in [0.25, 0.3) is 0 Å². The van der Waals surface area contributed by atoms with Crippen LogP contribution in [0.25, 0.3) is 0 Å². The number of hydrogen-bond acceptors (Lipinski definition) is 5. The van der Waals surface area contributed by atoms with E-state index in [1.165, 1.54) is 6.07 Å². The van der Waals surface area contributed by atoms with E-state index in [1.807, 2.05) is 4.90 Å². The summed E-state index contributed by atoms with van der Waals surface area (Å²) in [4.78, 5) is 28.8. The molecule has 1 aromatic heterocycles. The van der Waals surface area contributed by atoms with Crippen LogP contribution in [0, 0.1) is 17.0 Å². The number of likely N-dealkylation sites (tertiary alicyclic amines) is 1. The maximum absolute atomic E-state index is 12.3. The molecule has 0 radical (unpaired) electrons. The van der Waals surface area contributed by atoms with E-state index >= 15 is 0 Å². The minimum absolute atomic E-state index is 0.0349. The Hall–Kier alpha value is -2.18. The number of amides is 1. The van der Waals surface area contributed by atoms with Gasteiger partial charge >= 0.3 is 5.69 Å². The van der Waals surface area contributed by atoms with E-state index in [1.54, 1.807) is 19.9 Å². The maximum Gasteiger partial charge on any atom is 0.311 e. The van der Waals surface area contributed by atoms with E-state index in [0.717, 1.165) is 32.4 Å². The first kappa shape index (κ1) is 15.2. The van der Waals surface area contributed by atoms with E-state index in [9.17, 15) is 14.9 Å². The molecule has 2 rings (SSSR count). The average molecular weight is 292 g/mol. The molecule has 1 aliphatic rings. The summed E-state index contributed by atoms with van der Waals surface area (Å²) in [5.41, 5.74) is 0.555. The molecule has 1 fully saturated rings. The topological polar surface area (TPSA) is 88.4 Å². The Morgan fingerprint density at radius 2 is 2.05 bits per heavy atom. The van der Waals surface area contributed by atoms with Crippen LogP contribution in [0.1, 0.15) is 31.9 Å². The van der Waals surface area contributed by atoms with Gasteiger partial charge in [0.1, 0.15) is 6.04 Å². The van der Waals surface area contributed by atoms with Crippen LogP contribution < -0.4 is 5.32 Å². The molecule has 1 aromatic rings. The zero-order chi connectivity index (χ0) is 15.4. The van der Waals surface area contributed by atoms with Crippen molar-refractivity contribution in [1.82, 2.24) is 9.88 Å². The third kappa shape index (κ3) is 3.68. The highest BCUT2D eigenvalue weighted by atomic mass is 16.6. The largest absolute Gasteiger partial charge is 0.353 e. The van der Waals surface area contributed by atoms with E-state index in [0.29, 0.717) is 5.69 Å². The lowest BCUT2D eigenvalue weighted by atomic mass is 10.1. The van der Waals surface area contributed by atoms with E-state index in [4.69, 9.17) is 0 Å². The number of pyridine rings is 1. The number of carbonyl (C=O) groups excluding carboxylic acids is 1. The number of nitro groups is 1. The summed E-state index contributed by atoms with van der Waals surface area (Å²) in [7, 11) is 0. The molecule has 7 heteroatoms. The molecule has 1 atom stereocenters. The molecule has 0 saturated carbocycles. The van der Waals surface area contributed by atoms with Gasteiger partial charge in [0.05, 0.1) is 4.92 Å². The first-order valence-electron chi connectivity index (χ1n) is 7.16. The molecule has 1 amide bonds. The summed E-state index contributed by atoms with van der Waals surface area (Å²) in [6.45, 7) is 4.99. The van der Waals surface area contributed by atoms with Crippen molar-refractivity contribution < 1.29 is 9.72 Å². The molecule has 1 aliphatic heterocycles. The number of nitrogens with one attached hydrogen (secondary N) is 1. The van der Waals surface area contributed by atoms with Crippen molar-refractivity contribution in [1.29, 1.82) is 0 Å². The molecule has 7 nitrogen and oxygen atoms in total. The summed E-state index contributed by atoms with van der Waals surface area (Å²) in [6, 6.07) is 2.46. The normalized spacial score (nSPS) is 16.4. The van der Waals surface area contributed by atoms with Crippen LogP contribution in [-0.2, 0) is 4.79 Å². The molecule has 0 aromatic carbocycles. The highest BCUT2D eigenvalue weighted by Crippen LogP contribution is 2.23. The summed E-state index contributed by atoms with van der Waals surface area (Å²) < 4.78 is 0. The van der Waals surface area contributed by atoms with Crippen LogP contribution in [-0.4, -0.2) is 39.8 Å². The van der Waals surface area contributed by atoms with Crippen LogP contribution >= 0.6 is 0 Å². The minimum Gasteiger partial charge on any atom is -0.353 e. The van der Waals surface area contributed by atoms with Gasteiger partial charge < -0.3 is 10.2 Å². The molecule has 21 heavy (non-hydrogen) atoms. The van der Waals surface area contributed by atoms with Crippen LogP contribution in [0.15, 0.2) is 12.1 Å². The lowest BCUT2D eigenvalue weighted by Crippen LogP contribution is -2.44. The summed E-state index contributed by atoms with van der Waals surface area (Å²) in [6.07, 6.45) is 3.18. The molecule has 2 heterocycles. The average Bonchev–Trinajstić information content (AvgIpc) is 2.47. The van der Waals surface area contributed by atoms with Gasteiger partial charge in [-0.2, -0.15) is 0 Å². The number of hydrogen-bond donors (Lipinski definition) is 1. The van der Waals surface area contributed by atoms with Crippen LogP contribution in [0.5, 0.6) is 0 Å². The Morgan fingerprint density at radius 3 is 2.67 bits per heavy atom.